The monoisotopic (exact) mass is 404 g/mol. The zero-order valence-corrected chi connectivity index (χ0v) is 16.2. The molecule has 0 atom stereocenters. The molecule has 1 N–H and O–H groups in total. The Kier molecular flexibility index (Phi) is 6.32. The topological polar surface area (TPSA) is 43.8 Å². The van der Waals surface area contributed by atoms with Gasteiger partial charge in [-0.2, -0.15) is 0 Å². The molecule has 0 aromatic heterocycles. The van der Waals surface area contributed by atoms with E-state index in [0.717, 1.165) is 11.3 Å². The number of carbonyl (C=O) groups excluding carboxylic acids is 1. The normalized spacial score (nSPS) is 15.8. The molecule has 0 radical (unpaired) electrons. The first-order valence-electron chi connectivity index (χ1n) is 8.01. The number of rotatable bonds is 6. The first-order valence-corrected chi connectivity index (χ1v) is 9.61. The Hall–Kier alpha value is -1.86. The van der Waals surface area contributed by atoms with Crippen molar-refractivity contribution in [2.45, 2.75) is 0 Å². The lowest BCUT2D eigenvalue weighted by Gasteiger charge is -2.29. The van der Waals surface area contributed by atoms with Crippen molar-refractivity contribution >= 4 is 57.6 Å². The van der Waals surface area contributed by atoms with E-state index >= 15 is 0 Å². The molecule has 134 valence electrons. The summed E-state index contributed by atoms with van der Waals surface area (Å²) in [4.78, 5) is 16.8. The van der Waals surface area contributed by atoms with Gasteiger partial charge in [-0.1, -0.05) is 78.0 Å². The summed E-state index contributed by atoms with van der Waals surface area (Å²) in [5.41, 5.74) is 1.70. The molecule has 7 heteroatoms. The number of nitrogens with zero attached hydrogens (tertiary/aromatic N) is 2. The van der Waals surface area contributed by atoms with Crippen LogP contribution in [0.5, 0.6) is 0 Å². The van der Waals surface area contributed by atoms with Gasteiger partial charge >= 0.3 is 0 Å². The minimum atomic E-state index is -0.140. The average molecular weight is 405 g/mol. The van der Waals surface area contributed by atoms with Crippen LogP contribution in [0.3, 0.4) is 0 Å². The van der Waals surface area contributed by atoms with Gasteiger partial charge in [-0.25, -0.2) is 0 Å². The minimum absolute atomic E-state index is 0.0557. The van der Waals surface area contributed by atoms with Crippen molar-refractivity contribution in [2.75, 3.05) is 24.7 Å². The Labute approximate surface area is 167 Å². The van der Waals surface area contributed by atoms with Crippen molar-refractivity contribution in [1.82, 2.24) is 4.90 Å². The smallest absolute Gasteiger partial charge is 0.267 e. The van der Waals surface area contributed by atoms with E-state index in [-0.39, 0.29) is 19.2 Å². The van der Waals surface area contributed by atoms with Crippen LogP contribution in [0, 0.1) is 0 Å². The molecule has 0 unspecified atom stereocenters. The summed E-state index contributed by atoms with van der Waals surface area (Å²) in [6.45, 7) is 0.527. The fraction of sp³-hybridized carbons (Fsp3) is 0.158. The van der Waals surface area contributed by atoms with E-state index < -0.39 is 0 Å². The van der Waals surface area contributed by atoms with Crippen LogP contribution in [0.25, 0.3) is 6.08 Å². The van der Waals surface area contributed by atoms with Crippen LogP contribution in [0.2, 0.25) is 5.02 Å². The molecule has 26 heavy (non-hydrogen) atoms. The first-order chi connectivity index (χ1) is 12.6. The molecule has 1 heterocycles. The summed E-state index contributed by atoms with van der Waals surface area (Å²) < 4.78 is 0.493. The van der Waals surface area contributed by atoms with Gasteiger partial charge in [-0.3, -0.25) is 9.69 Å². The second-order valence-electron chi connectivity index (χ2n) is 5.60. The van der Waals surface area contributed by atoms with Gasteiger partial charge in [0.25, 0.3) is 5.91 Å². The van der Waals surface area contributed by atoms with Crippen LogP contribution < -0.4 is 4.90 Å². The predicted molar refractivity (Wildman–Crippen MR) is 112 cm³/mol. The van der Waals surface area contributed by atoms with Crippen LogP contribution in [0.1, 0.15) is 5.56 Å². The molecule has 0 spiro atoms. The number of benzene rings is 2. The molecule has 1 aliphatic heterocycles. The van der Waals surface area contributed by atoms with Crippen molar-refractivity contribution < 1.29 is 9.90 Å². The summed E-state index contributed by atoms with van der Waals surface area (Å²) in [5.74, 6) is -0.140. The van der Waals surface area contributed by atoms with Gasteiger partial charge in [0.1, 0.15) is 4.32 Å². The van der Waals surface area contributed by atoms with E-state index in [9.17, 15) is 9.90 Å². The predicted octanol–water partition coefficient (Wildman–Crippen LogP) is 4.00. The molecule has 3 rings (SSSR count). The molecule has 4 nitrogen and oxygen atoms in total. The third kappa shape index (κ3) is 4.27. The summed E-state index contributed by atoms with van der Waals surface area (Å²) in [7, 11) is 0. The SMILES string of the molecule is O=C1/C(=C/c2ccccc2)SC(=S)N1CN(CCO)c1ccccc1Cl. The number of amides is 1. The third-order valence-corrected chi connectivity index (χ3v) is 5.54. The highest BCUT2D eigenvalue weighted by Crippen LogP contribution is 2.34. The van der Waals surface area contributed by atoms with Crippen molar-refractivity contribution in [3.8, 4) is 0 Å². The van der Waals surface area contributed by atoms with Gasteiger partial charge in [-0.15, -0.1) is 0 Å². The summed E-state index contributed by atoms with van der Waals surface area (Å²) in [5, 5.41) is 9.97. The van der Waals surface area contributed by atoms with Gasteiger partial charge < -0.3 is 10.0 Å². The second kappa shape index (κ2) is 8.68. The highest BCUT2D eigenvalue weighted by molar-refractivity contribution is 8.26. The Bertz CT molecular complexity index is 842. The molecule has 0 bridgehead atoms. The first kappa shape index (κ1) is 18.9. The summed E-state index contributed by atoms with van der Waals surface area (Å²) in [6.07, 6.45) is 1.84. The lowest BCUT2D eigenvalue weighted by Crippen LogP contribution is -2.41. The van der Waals surface area contributed by atoms with Gasteiger partial charge in [-0.05, 0) is 23.8 Å². The number of halogens is 1. The zero-order chi connectivity index (χ0) is 18.5. The van der Waals surface area contributed by atoms with Crippen molar-refractivity contribution in [2.24, 2.45) is 0 Å². The maximum Gasteiger partial charge on any atom is 0.267 e. The molecule has 1 fully saturated rings. The number of hydrogen-bond donors (Lipinski definition) is 1. The minimum Gasteiger partial charge on any atom is -0.395 e. The largest absolute Gasteiger partial charge is 0.395 e. The van der Waals surface area contributed by atoms with Gasteiger partial charge in [0.2, 0.25) is 0 Å². The molecule has 0 saturated carbocycles. The Balaban J connectivity index is 1.82. The Morgan fingerprint density at radius 1 is 1.15 bits per heavy atom. The lowest BCUT2D eigenvalue weighted by molar-refractivity contribution is -0.122. The molecular weight excluding hydrogens is 388 g/mol. The van der Waals surface area contributed by atoms with Gasteiger partial charge in [0.15, 0.2) is 0 Å². The summed E-state index contributed by atoms with van der Waals surface area (Å²) in [6, 6.07) is 17.0. The third-order valence-electron chi connectivity index (χ3n) is 3.85. The number of thiocarbonyl (C=S) groups is 1. The highest BCUT2D eigenvalue weighted by Gasteiger charge is 2.33. The number of hydrogen-bond acceptors (Lipinski definition) is 5. The van der Waals surface area contributed by atoms with Crippen molar-refractivity contribution in [3.05, 3.63) is 70.1 Å². The zero-order valence-electron chi connectivity index (χ0n) is 13.8. The van der Waals surface area contributed by atoms with E-state index in [4.69, 9.17) is 23.8 Å². The van der Waals surface area contributed by atoms with Crippen LogP contribution in [0.15, 0.2) is 59.5 Å². The second-order valence-corrected chi connectivity index (χ2v) is 7.68. The maximum atomic E-state index is 12.8. The average Bonchev–Trinajstić information content (AvgIpc) is 2.90. The quantitative estimate of drug-likeness (QED) is 0.582. The van der Waals surface area contributed by atoms with E-state index in [1.54, 1.807) is 6.07 Å². The summed E-state index contributed by atoms with van der Waals surface area (Å²) >= 11 is 13.0. The Morgan fingerprint density at radius 2 is 1.85 bits per heavy atom. The molecule has 1 amide bonds. The highest BCUT2D eigenvalue weighted by atomic mass is 35.5. The Morgan fingerprint density at radius 3 is 2.54 bits per heavy atom. The van der Waals surface area contributed by atoms with Crippen LogP contribution >= 0.6 is 35.6 Å². The number of para-hydroxylation sites is 1. The molecule has 1 aliphatic rings. The molecular formula is C19H17ClN2O2S2. The van der Waals surface area contributed by atoms with Crippen LogP contribution in [-0.2, 0) is 4.79 Å². The fourth-order valence-corrected chi connectivity index (χ4v) is 4.09. The molecule has 2 aromatic carbocycles. The van der Waals surface area contributed by atoms with E-state index in [1.165, 1.54) is 16.7 Å². The standard InChI is InChI=1S/C19H17ClN2O2S2/c20-15-8-4-5-9-16(15)21(10-11-23)13-22-18(24)17(26-19(22)25)12-14-6-2-1-3-7-14/h1-9,12,23H,10-11,13H2/b17-12-. The fourth-order valence-electron chi connectivity index (χ4n) is 2.59. The number of thioether (sulfide) groups is 1. The number of anilines is 1. The van der Waals surface area contributed by atoms with Gasteiger partial charge in [0, 0.05) is 6.54 Å². The van der Waals surface area contributed by atoms with Crippen molar-refractivity contribution in [3.63, 3.8) is 0 Å². The van der Waals surface area contributed by atoms with Crippen molar-refractivity contribution in [1.29, 1.82) is 0 Å². The van der Waals surface area contributed by atoms with Gasteiger partial charge in [0.05, 0.1) is 28.9 Å². The number of carbonyl (C=O) groups is 1. The molecule has 1 saturated heterocycles. The lowest BCUT2D eigenvalue weighted by atomic mass is 10.2. The van der Waals surface area contributed by atoms with Crippen LogP contribution in [-0.4, -0.2) is 40.1 Å². The molecule has 0 aliphatic carbocycles. The van der Waals surface area contributed by atoms with E-state index in [2.05, 4.69) is 0 Å². The number of aliphatic hydroxyl groups excluding tert-OH is 1. The van der Waals surface area contributed by atoms with Crippen LogP contribution in [0.4, 0.5) is 5.69 Å². The van der Waals surface area contributed by atoms with E-state index in [0.29, 0.717) is 20.8 Å². The number of aliphatic hydroxyl groups is 1. The molecule has 2 aromatic rings. The maximum absolute atomic E-state index is 12.8. The van der Waals surface area contributed by atoms with E-state index in [1.807, 2.05) is 59.5 Å².